The van der Waals surface area contributed by atoms with Crippen molar-refractivity contribution in [2.24, 2.45) is 14.1 Å². The number of hydrogen-bond acceptors (Lipinski definition) is 3. The van der Waals surface area contributed by atoms with E-state index in [1.807, 2.05) is 24.7 Å². The molecule has 0 amide bonds. The standard InChI is InChI=1S/C18H25N5O/c1-12-8-14(3)23(20-12)11-13(2)19-10-15-6-7-16-17(9-15)22(5)18(24)21(16)4/h6-9,13,19H,10-11H2,1-5H3/t13-/m1/s1. The highest BCUT2D eigenvalue weighted by Crippen LogP contribution is 2.14. The van der Waals surface area contributed by atoms with Crippen LogP contribution in [0.25, 0.3) is 11.0 Å². The van der Waals surface area contributed by atoms with Crippen molar-refractivity contribution >= 4 is 11.0 Å². The molecule has 1 N–H and O–H groups in total. The molecule has 0 spiro atoms. The normalized spacial score (nSPS) is 12.9. The zero-order valence-electron chi connectivity index (χ0n) is 15.0. The lowest BCUT2D eigenvalue weighted by molar-refractivity contribution is 0.444. The fraction of sp³-hybridized carbons (Fsp3) is 0.444. The van der Waals surface area contributed by atoms with E-state index in [0.717, 1.165) is 29.8 Å². The molecule has 1 aromatic carbocycles. The minimum atomic E-state index is 0.00741. The third-order valence-corrected chi connectivity index (χ3v) is 4.54. The van der Waals surface area contributed by atoms with E-state index >= 15 is 0 Å². The molecule has 3 rings (SSSR count). The van der Waals surface area contributed by atoms with Crippen LogP contribution >= 0.6 is 0 Å². The van der Waals surface area contributed by atoms with E-state index < -0.39 is 0 Å². The monoisotopic (exact) mass is 327 g/mol. The Balaban J connectivity index is 1.70. The van der Waals surface area contributed by atoms with E-state index in [1.54, 1.807) is 16.2 Å². The maximum atomic E-state index is 12.0. The Hall–Kier alpha value is -2.34. The number of aromatic nitrogens is 4. The molecule has 0 radical (unpaired) electrons. The van der Waals surface area contributed by atoms with Gasteiger partial charge in [-0.05, 0) is 44.5 Å². The number of nitrogens with zero attached hydrogens (tertiary/aromatic N) is 4. The SMILES string of the molecule is Cc1cc(C)n(C[C@@H](C)NCc2ccc3c(c2)n(C)c(=O)n3C)n1. The highest BCUT2D eigenvalue weighted by atomic mass is 16.1. The molecule has 0 unspecified atom stereocenters. The molecule has 0 saturated heterocycles. The summed E-state index contributed by atoms with van der Waals surface area (Å²) in [6, 6.07) is 8.57. The van der Waals surface area contributed by atoms with Crippen LogP contribution in [0.15, 0.2) is 29.1 Å². The average Bonchev–Trinajstić information content (AvgIpc) is 2.97. The van der Waals surface area contributed by atoms with Crippen molar-refractivity contribution in [3.8, 4) is 0 Å². The van der Waals surface area contributed by atoms with Crippen LogP contribution in [0.3, 0.4) is 0 Å². The van der Waals surface area contributed by atoms with Gasteiger partial charge in [0.05, 0.1) is 23.3 Å². The Kier molecular flexibility index (Phi) is 4.32. The molecule has 0 aliphatic heterocycles. The zero-order valence-corrected chi connectivity index (χ0v) is 15.0. The van der Waals surface area contributed by atoms with Gasteiger partial charge in [0.1, 0.15) is 0 Å². The summed E-state index contributed by atoms with van der Waals surface area (Å²) in [7, 11) is 3.62. The van der Waals surface area contributed by atoms with Crippen LogP contribution in [0.1, 0.15) is 23.9 Å². The van der Waals surface area contributed by atoms with Crippen molar-refractivity contribution in [2.75, 3.05) is 0 Å². The Labute approximate surface area is 141 Å². The van der Waals surface area contributed by atoms with Gasteiger partial charge >= 0.3 is 5.69 Å². The van der Waals surface area contributed by atoms with Gasteiger partial charge in [0.15, 0.2) is 0 Å². The largest absolute Gasteiger partial charge is 0.328 e. The van der Waals surface area contributed by atoms with E-state index in [2.05, 4.69) is 42.5 Å². The maximum Gasteiger partial charge on any atom is 0.328 e. The number of rotatable bonds is 5. The Bertz CT molecular complexity index is 931. The van der Waals surface area contributed by atoms with Gasteiger partial charge in [0.25, 0.3) is 0 Å². The van der Waals surface area contributed by atoms with E-state index in [1.165, 1.54) is 11.3 Å². The molecule has 128 valence electrons. The number of aryl methyl sites for hydroxylation is 4. The van der Waals surface area contributed by atoms with Crippen molar-refractivity contribution < 1.29 is 0 Å². The fourth-order valence-corrected chi connectivity index (χ4v) is 3.14. The molecule has 0 aliphatic rings. The van der Waals surface area contributed by atoms with Gasteiger partial charge in [0, 0.05) is 32.4 Å². The van der Waals surface area contributed by atoms with Crippen LogP contribution in [-0.2, 0) is 27.2 Å². The molecule has 0 aliphatic carbocycles. The lowest BCUT2D eigenvalue weighted by Crippen LogP contribution is -2.30. The Morgan fingerprint density at radius 3 is 2.50 bits per heavy atom. The molecular formula is C18H25N5O. The number of nitrogens with one attached hydrogen (secondary N) is 1. The summed E-state index contributed by atoms with van der Waals surface area (Å²) >= 11 is 0. The molecule has 6 nitrogen and oxygen atoms in total. The topological polar surface area (TPSA) is 56.8 Å². The molecule has 2 aromatic heterocycles. The third-order valence-electron chi connectivity index (χ3n) is 4.54. The highest BCUT2D eigenvalue weighted by molar-refractivity contribution is 5.76. The maximum absolute atomic E-state index is 12.0. The minimum Gasteiger partial charge on any atom is -0.308 e. The van der Waals surface area contributed by atoms with Gasteiger partial charge < -0.3 is 5.32 Å². The average molecular weight is 327 g/mol. The van der Waals surface area contributed by atoms with Crippen LogP contribution in [0.2, 0.25) is 0 Å². The second-order valence-electron chi connectivity index (χ2n) is 6.61. The zero-order chi connectivity index (χ0) is 17.4. The van der Waals surface area contributed by atoms with Crippen LogP contribution < -0.4 is 11.0 Å². The summed E-state index contributed by atoms with van der Waals surface area (Å²) in [5.74, 6) is 0. The predicted octanol–water partition coefficient (Wildman–Crippen LogP) is 1.87. The smallest absolute Gasteiger partial charge is 0.308 e. The first kappa shape index (κ1) is 16.5. The highest BCUT2D eigenvalue weighted by Gasteiger charge is 2.10. The number of hydrogen-bond donors (Lipinski definition) is 1. The van der Waals surface area contributed by atoms with E-state index in [0.29, 0.717) is 6.04 Å². The van der Waals surface area contributed by atoms with Crippen molar-refractivity contribution in [3.05, 3.63) is 51.7 Å². The molecule has 2 heterocycles. The molecule has 0 bridgehead atoms. The lowest BCUT2D eigenvalue weighted by atomic mass is 10.2. The van der Waals surface area contributed by atoms with Gasteiger partial charge in [-0.1, -0.05) is 6.07 Å². The fourth-order valence-electron chi connectivity index (χ4n) is 3.14. The van der Waals surface area contributed by atoms with Crippen molar-refractivity contribution in [1.29, 1.82) is 0 Å². The predicted molar refractivity (Wildman–Crippen MR) is 96.2 cm³/mol. The summed E-state index contributed by atoms with van der Waals surface area (Å²) < 4.78 is 5.41. The first-order chi connectivity index (χ1) is 11.4. The summed E-state index contributed by atoms with van der Waals surface area (Å²) in [6.07, 6.45) is 0. The van der Waals surface area contributed by atoms with Gasteiger partial charge in [-0.2, -0.15) is 5.10 Å². The molecule has 0 fully saturated rings. The van der Waals surface area contributed by atoms with Crippen molar-refractivity contribution in [3.63, 3.8) is 0 Å². The first-order valence-electron chi connectivity index (χ1n) is 8.25. The quantitative estimate of drug-likeness (QED) is 0.778. The summed E-state index contributed by atoms with van der Waals surface area (Å²) in [5, 5.41) is 8.04. The summed E-state index contributed by atoms with van der Waals surface area (Å²) in [6.45, 7) is 7.86. The Morgan fingerprint density at radius 1 is 1.12 bits per heavy atom. The van der Waals surface area contributed by atoms with Crippen LogP contribution in [0.4, 0.5) is 0 Å². The van der Waals surface area contributed by atoms with E-state index in [4.69, 9.17) is 0 Å². The van der Waals surface area contributed by atoms with Crippen molar-refractivity contribution in [2.45, 2.75) is 39.9 Å². The second-order valence-corrected chi connectivity index (χ2v) is 6.61. The minimum absolute atomic E-state index is 0.00741. The third kappa shape index (κ3) is 3.01. The summed E-state index contributed by atoms with van der Waals surface area (Å²) in [4.78, 5) is 12.0. The molecule has 6 heteroatoms. The van der Waals surface area contributed by atoms with Crippen LogP contribution in [0.5, 0.6) is 0 Å². The van der Waals surface area contributed by atoms with Gasteiger partial charge in [-0.25, -0.2) is 4.79 Å². The van der Waals surface area contributed by atoms with Crippen LogP contribution in [0, 0.1) is 13.8 Å². The number of fused-ring (bicyclic) bond motifs is 1. The summed E-state index contributed by atoms with van der Waals surface area (Å²) in [5.41, 5.74) is 5.34. The van der Waals surface area contributed by atoms with E-state index in [9.17, 15) is 4.79 Å². The van der Waals surface area contributed by atoms with E-state index in [-0.39, 0.29) is 5.69 Å². The van der Waals surface area contributed by atoms with Crippen LogP contribution in [-0.4, -0.2) is 25.0 Å². The first-order valence-corrected chi connectivity index (χ1v) is 8.25. The molecule has 1 atom stereocenters. The Morgan fingerprint density at radius 2 is 1.83 bits per heavy atom. The molecule has 24 heavy (non-hydrogen) atoms. The van der Waals surface area contributed by atoms with Gasteiger partial charge in [-0.15, -0.1) is 0 Å². The lowest BCUT2D eigenvalue weighted by Gasteiger charge is -2.15. The second kappa shape index (κ2) is 6.28. The van der Waals surface area contributed by atoms with Gasteiger partial charge in [-0.3, -0.25) is 13.8 Å². The molecule has 0 saturated carbocycles. The number of imidazole rings is 1. The molecule has 3 aromatic rings. The molecular weight excluding hydrogens is 302 g/mol. The van der Waals surface area contributed by atoms with Gasteiger partial charge in [0.2, 0.25) is 0 Å². The van der Waals surface area contributed by atoms with Crippen molar-refractivity contribution in [1.82, 2.24) is 24.2 Å². The number of benzene rings is 1.